The zero-order valence-electron chi connectivity index (χ0n) is 9.10. The van der Waals surface area contributed by atoms with E-state index in [9.17, 15) is 9.90 Å². The third-order valence-electron chi connectivity index (χ3n) is 2.65. The second-order valence-corrected chi connectivity index (χ2v) is 3.99. The number of para-hydroxylation sites is 1. The Bertz CT molecular complexity index is 436. The summed E-state index contributed by atoms with van der Waals surface area (Å²) in [5.41, 5.74) is 3.64. The molecule has 0 radical (unpaired) electrons. The van der Waals surface area contributed by atoms with E-state index in [2.05, 4.69) is 10.5 Å². The number of aromatic hydroxyl groups is 1. The van der Waals surface area contributed by atoms with E-state index >= 15 is 0 Å². The second-order valence-electron chi connectivity index (χ2n) is 3.99. The number of carbonyl (C=O) groups excluding carboxylic acids is 1. The minimum absolute atomic E-state index is 0.0284. The van der Waals surface area contributed by atoms with Crippen molar-refractivity contribution in [3.05, 3.63) is 29.8 Å². The number of hydrogen-bond donors (Lipinski definition) is 2. The largest absolute Gasteiger partial charge is 0.507 e. The van der Waals surface area contributed by atoms with Crippen LogP contribution in [-0.4, -0.2) is 16.7 Å². The number of hydrazone groups is 1. The minimum atomic E-state index is -0.377. The van der Waals surface area contributed by atoms with Crippen LogP contribution in [-0.2, 0) is 0 Å². The van der Waals surface area contributed by atoms with Crippen molar-refractivity contribution in [3.63, 3.8) is 0 Å². The first-order valence-electron chi connectivity index (χ1n) is 5.31. The lowest BCUT2D eigenvalue weighted by Crippen LogP contribution is -2.19. The highest BCUT2D eigenvalue weighted by Crippen LogP contribution is 2.30. The summed E-state index contributed by atoms with van der Waals surface area (Å²) in [6.45, 7) is 1.91. The van der Waals surface area contributed by atoms with Crippen LogP contribution in [0.25, 0.3) is 0 Å². The molecule has 2 N–H and O–H groups in total. The molecule has 1 aromatic rings. The molecular formula is C12H14N2O2. The number of nitrogens with zero attached hydrogens (tertiary/aromatic N) is 1. The van der Waals surface area contributed by atoms with Crippen LogP contribution in [0.15, 0.2) is 29.4 Å². The van der Waals surface area contributed by atoms with Gasteiger partial charge in [-0.05, 0) is 37.8 Å². The molecule has 0 heterocycles. The molecule has 1 fully saturated rings. The summed E-state index contributed by atoms with van der Waals surface area (Å²) in [6, 6.07) is 6.41. The normalized spacial score (nSPS) is 15.9. The van der Waals surface area contributed by atoms with Crippen LogP contribution in [0.2, 0.25) is 0 Å². The van der Waals surface area contributed by atoms with E-state index in [1.807, 2.05) is 6.92 Å². The van der Waals surface area contributed by atoms with Gasteiger partial charge in [0.2, 0.25) is 0 Å². The van der Waals surface area contributed by atoms with Gasteiger partial charge in [0.1, 0.15) is 5.75 Å². The van der Waals surface area contributed by atoms with Gasteiger partial charge in [0, 0.05) is 5.71 Å². The molecule has 0 aliphatic heterocycles. The lowest BCUT2D eigenvalue weighted by atomic mass is 10.2. The first-order chi connectivity index (χ1) is 7.68. The smallest absolute Gasteiger partial charge is 0.275 e. The Morgan fingerprint density at radius 2 is 2.12 bits per heavy atom. The number of amides is 1. The standard InChI is InChI=1S/C12H14N2O2/c1-8(9-6-7-9)13-14-12(16)10-4-2-3-5-11(10)15/h2-5,9,15H,6-7H2,1H3,(H,14,16)/b13-8-. The molecule has 1 aliphatic rings. The van der Waals surface area contributed by atoms with Crippen LogP contribution in [0, 0.1) is 5.92 Å². The number of benzene rings is 1. The van der Waals surface area contributed by atoms with E-state index < -0.39 is 0 Å². The monoisotopic (exact) mass is 218 g/mol. The summed E-state index contributed by atoms with van der Waals surface area (Å²) in [7, 11) is 0. The molecule has 0 unspecified atom stereocenters. The Morgan fingerprint density at radius 1 is 1.44 bits per heavy atom. The van der Waals surface area contributed by atoms with E-state index in [-0.39, 0.29) is 17.2 Å². The van der Waals surface area contributed by atoms with E-state index in [1.165, 1.54) is 6.07 Å². The number of rotatable bonds is 3. The summed E-state index contributed by atoms with van der Waals surface area (Å²) in [4.78, 5) is 11.6. The molecule has 0 aromatic heterocycles. The highest BCUT2D eigenvalue weighted by molar-refractivity contribution is 5.97. The van der Waals surface area contributed by atoms with Gasteiger partial charge < -0.3 is 5.11 Å². The zero-order chi connectivity index (χ0) is 11.5. The van der Waals surface area contributed by atoms with Crippen LogP contribution in [0.1, 0.15) is 30.1 Å². The maximum Gasteiger partial charge on any atom is 0.275 e. The molecule has 84 valence electrons. The fraction of sp³-hybridized carbons (Fsp3) is 0.333. The average Bonchev–Trinajstić information content (AvgIpc) is 3.10. The molecule has 0 atom stereocenters. The van der Waals surface area contributed by atoms with E-state index in [1.54, 1.807) is 18.2 Å². The van der Waals surface area contributed by atoms with Crippen LogP contribution < -0.4 is 5.43 Å². The molecule has 1 amide bonds. The Balaban J connectivity index is 2.03. The predicted octanol–water partition coefficient (Wildman–Crippen LogP) is 1.91. The van der Waals surface area contributed by atoms with Gasteiger partial charge in [0.15, 0.2) is 0 Å². The molecule has 16 heavy (non-hydrogen) atoms. The number of phenols is 1. The van der Waals surface area contributed by atoms with Gasteiger partial charge in [-0.3, -0.25) is 4.79 Å². The molecule has 0 spiro atoms. The van der Waals surface area contributed by atoms with Gasteiger partial charge >= 0.3 is 0 Å². The molecule has 1 saturated carbocycles. The van der Waals surface area contributed by atoms with E-state index in [4.69, 9.17) is 0 Å². The Labute approximate surface area is 94.0 Å². The number of hydrogen-bond acceptors (Lipinski definition) is 3. The molecule has 1 aliphatic carbocycles. The number of nitrogens with one attached hydrogen (secondary N) is 1. The highest BCUT2D eigenvalue weighted by Gasteiger charge is 2.24. The van der Waals surface area contributed by atoms with Crippen molar-refractivity contribution in [2.45, 2.75) is 19.8 Å². The maximum atomic E-state index is 11.6. The quantitative estimate of drug-likeness (QED) is 0.601. The minimum Gasteiger partial charge on any atom is -0.507 e. The van der Waals surface area contributed by atoms with Crippen LogP contribution >= 0.6 is 0 Å². The van der Waals surface area contributed by atoms with Crippen LogP contribution in [0.3, 0.4) is 0 Å². The summed E-state index contributed by atoms with van der Waals surface area (Å²) < 4.78 is 0. The van der Waals surface area contributed by atoms with Gasteiger partial charge in [0.25, 0.3) is 5.91 Å². The lowest BCUT2D eigenvalue weighted by Gasteiger charge is -2.03. The van der Waals surface area contributed by atoms with Gasteiger partial charge in [-0.15, -0.1) is 0 Å². The first-order valence-corrected chi connectivity index (χ1v) is 5.31. The zero-order valence-corrected chi connectivity index (χ0v) is 9.10. The number of carbonyl (C=O) groups is 1. The molecule has 0 bridgehead atoms. The first kappa shape index (κ1) is 10.7. The molecular weight excluding hydrogens is 204 g/mol. The lowest BCUT2D eigenvalue weighted by molar-refractivity contribution is 0.0952. The average molecular weight is 218 g/mol. The van der Waals surface area contributed by atoms with Crippen molar-refractivity contribution in [2.24, 2.45) is 11.0 Å². The van der Waals surface area contributed by atoms with Crippen molar-refractivity contribution in [1.82, 2.24) is 5.43 Å². The third kappa shape index (κ3) is 2.39. The third-order valence-corrected chi connectivity index (χ3v) is 2.65. The summed E-state index contributed by atoms with van der Waals surface area (Å²) in [5.74, 6) is 0.127. The SMILES string of the molecule is C/C(=N/NC(=O)c1ccccc1O)C1CC1. The van der Waals surface area contributed by atoms with Crippen molar-refractivity contribution in [2.75, 3.05) is 0 Å². The van der Waals surface area contributed by atoms with Crippen molar-refractivity contribution in [3.8, 4) is 5.75 Å². The van der Waals surface area contributed by atoms with Gasteiger partial charge in [-0.2, -0.15) is 5.10 Å². The van der Waals surface area contributed by atoms with Crippen molar-refractivity contribution < 1.29 is 9.90 Å². The topological polar surface area (TPSA) is 61.7 Å². The Hall–Kier alpha value is -1.84. The van der Waals surface area contributed by atoms with Crippen LogP contribution in [0.4, 0.5) is 0 Å². The van der Waals surface area contributed by atoms with E-state index in [0.29, 0.717) is 5.92 Å². The fourth-order valence-corrected chi connectivity index (χ4v) is 1.46. The Kier molecular flexibility index (Phi) is 2.90. The van der Waals surface area contributed by atoms with Crippen molar-refractivity contribution >= 4 is 11.6 Å². The summed E-state index contributed by atoms with van der Waals surface area (Å²) in [6.07, 6.45) is 2.31. The van der Waals surface area contributed by atoms with Gasteiger partial charge in [0.05, 0.1) is 5.56 Å². The Morgan fingerprint density at radius 3 is 2.75 bits per heavy atom. The molecule has 4 heteroatoms. The highest BCUT2D eigenvalue weighted by atomic mass is 16.3. The van der Waals surface area contributed by atoms with Gasteiger partial charge in [-0.25, -0.2) is 5.43 Å². The van der Waals surface area contributed by atoms with Gasteiger partial charge in [-0.1, -0.05) is 12.1 Å². The molecule has 1 aromatic carbocycles. The molecule has 4 nitrogen and oxygen atoms in total. The van der Waals surface area contributed by atoms with Crippen LogP contribution in [0.5, 0.6) is 5.75 Å². The molecule has 2 rings (SSSR count). The summed E-state index contributed by atoms with van der Waals surface area (Å²) >= 11 is 0. The summed E-state index contributed by atoms with van der Waals surface area (Å²) in [5, 5.41) is 13.5. The predicted molar refractivity (Wildman–Crippen MR) is 61.4 cm³/mol. The molecule has 0 saturated heterocycles. The maximum absolute atomic E-state index is 11.6. The van der Waals surface area contributed by atoms with Crippen molar-refractivity contribution in [1.29, 1.82) is 0 Å². The van der Waals surface area contributed by atoms with E-state index in [0.717, 1.165) is 18.6 Å². The fourth-order valence-electron chi connectivity index (χ4n) is 1.46. The number of phenolic OH excluding ortho intramolecular Hbond substituents is 1. The second kappa shape index (κ2) is 4.35.